The Balaban J connectivity index is 1.43. The number of hydrogen-bond donors (Lipinski definition) is 1. The number of benzene rings is 2. The quantitative estimate of drug-likeness (QED) is 0.489. The Hall–Kier alpha value is -3.45. The Kier molecular flexibility index (Phi) is 4.17. The molecule has 156 valence electrons. The SMILES string of the molecule is CN[C@@H]1CCN(c2ccc3c(c2)Cn2cc(-c4ccc(F)cc4)cc2-c2ncnn2-3)C1. The molecule has 2 aliphatic rings. The van der Waals surface area contributed by atoms with Crippen LogP contribution in [0, 0.1) is 5.82 Å². The summed E-state index contributed by atoms with van der Waals surface area (Å²) in [6.07, 6.45) is 4.88. The first-order chi connectivity index (χ1) is 15.2. The first kappa shape index (κ1) is 18.3. The number of fused-ring (bicyclic) bond motifs is 5. The third kappa shape index (κ3) is 3.04. The van der Waals surface area contributed by atoms with Gasteiger partial charge in [0.05, 0.1) is 11.4 Å². The molecular formula is C24H23FN6. The summed E-state index contributed by atoms with van der Waals surface area (Å²) in [5.41, 5.74) is 6.54. The molecule has 1 N–H and O–H groups in total. The van der Waals surface area contributed by atoms with Crippen molar-refractivity contribution in [3.63, 3.8) is 0 Å². The molecule has 6 nitrogen and oxygen atoms in total. The minimum absolute atomic E-state index is 0.229. The van der Waals surface area contributed by atoms with Crippen molar-refractivity contribution < 1.29 is 4.39 Å². The summed E-state index contributed by atoms with van der Waals surface area (Å²) in [5, 5.41) is 7.91. The van der Waals surface area contributed by atoms with Gasteiger partial charge in [0, 0.05) is 43.1 Å². The minimum Gasteiger partial charge on any atom is -0.370 e. The maximum atomic E-state index is 13.4. The largest absolute Gasteiger partial charge is 0.370 e. The second-order valence-electron chi connectivity index (χ2n) is 8.28. The van der Waals surface area contributed by atoms with Crippen LogP contribution >= 0.6 is 0 Å². The lowest BCUT2D eigenvalue weighted by Gasteiger charge is -2.20. The number of hydrogen-bond acceptors (Lipinski definition) is 4. The van der Waals surface area contributed by atoms with E-state index in [2.05, 4.69) is 55.3 Å². The first-order valence-corrected chi connectivity index (χ1v) is 10.6. The van der Waals surface area contributed by atoms with E-state index in [1.165, 1.54) is 23.4 Å². The minimum atomic E-state index is -0.229. The Bertz CT molecular complexity index is 1260. The normalized spacial score (nSPS) is 17.2. The monoisotopic (exact) mass is 414 g/mol. The molecule has 2 aliphatic heterocycles. The van der Waals surface area contributed by atoms with Crippen LogP contribution in [0.4, 0.5) is 10.1 Å². The van der Waals surface area contributed by atoms with Crippen molar-refractivity contribution in [2.75, 3.05) is 25.0 Å². The summed E-state index contributed by atoms with van der Waals surface area (Å²) in [7, 11) is 2.03. The van der Waals surface area contributed by atoms with Crippen molar-refractivity contribution in [1.82, 2.24) is 24.6 Å². The highest BCUT2D eigenvalue weighted by atomic mass is 19.1. The molecule has 4 heterocycles. The molecule has 1 atom stereocenters. The van der Waals surface area contributed by atoms with Gasteiger partial charge >= 0.3 is 0 Å². The van der Waals surface area contributed by atoms with Crippen LogP contribution in [-0.4, -0.2) is 45.5 Å². The lowest BCUT2D eigenvalue weighted by Crippen LogP contribution is -2.29. The fourth-order valence-electron chi connectivity index (χ4n) is 4.74. The van der Waals surface area contributed by atoms with E-state index >= 15 is 0 Å². The van der Waals surface area contributed by atoms with E-state index in [0.717, 1.165) is 54.4 Å². The van der Waals surface area contributed by atoms with Gasteiger partial charge in [0.2, 0.25) is 0 Å². The Morgan fingerprint density at radius 2 is 1.94 bits per heavy atom. The highest BCUT2D eigenvalue weighted by Crippen LogP contribution is 2.35. The molecule has 4 aromatic rings. The second-order valence-corrected chi connectivity index (χ2v) is 8.28. The summed E-state index contributed by atoms with van der Waals surface area (Å²) in [4.78, 5) is 6.99. The van der Waals surface area contributed by atoms with Crippen molar-refractivity contribution in [3.05, 3.63) is 72.4 Å². The van der Waals surface area contributed by atoms with E-state index in [9.17, 15) is 4.39 Å². The predicted octanol–water partition coefficient (Wildman–Crippen LogP) is 3.70. The van der Waals surface area contributed by atoms with Gasteiger partial charge in [-0.3, -0.25) is 0 Å². The molecule has 1 saturated heterocycles. The Labute approximate surface area is 180 Å². The average molecular weight is 414 g/mol. The maximum Gasteiger partial charge on any atom is 0.179 e. The van der Waals surface area contributed by atoms with Gasteiger partial charge in [-0.25, -0.2) is 14.1 Å². The van der Waals surface area contributed by atoms with Gasteiger partial charge in [-0.15, -0.1) is 0 Å². The zero-order valence-corrected chi connectivity index (χ0v) is 17.3. The van der Waals surface area contributed by atoms with Crippen LogP contribution in [-0.2, 0) is 6.54 Å². The second kappa shape index (κ2) is 7.06. The van der Waals surface area contributed by atoms with Gasteiger partial charge in [-0.05, 0) is 61.0 Å². The van der Waals surface area contributed by atoms with Crippen molar-refractivity contribution in [2.24, 2.45) is 0 Å². The number of aromatic nitrogens is 4. The standard InChI is InChI=1S/C24H23FN6/c1-26-20-8-9-29(14-20)21-6-7-22-18(10-21)13-30-12-17(16-2-4-19(25)5-3-16)11-23(30)24-27-15-28-31(22)24/h2-7,10-12,15,20,26H,8-9,13-14H2,1H3/t20-/m1/s1. The van der Waals surface area contributed by atoms with Crippen LogP contribution in [0.2, 0.25) is 0 Å². The first-order valence-electron chi connectivity index (χ1n) is 10.6. The van der Waals surface area contributed by atoms with E-state index in [-0.39, 0.29) is 5.82 Å². The molecule has 0 radical (unpaired) electrons. The van der Waals surface area contributed by atoms with Crippen molar-refractivity contribution in [3.8, 4) is 28.3 Å². The molecule has 2 aromatic carbocycles. The Morgan fingerprint density at radius 3 is 2.74 bits per heavy atom. The lowest BCUT2D eigenvalue weighted by atomic mass is 10.1. The smallest absolute Gasteiger partial charge is 0.179 e. The summed E-state index contributed by atoms with van der Waals surface area (Å²) in [5.74, 6) is 0.587. The summed E-state index contributed by atoms with van der Waals surface area (Å²) >= 11 is 0. The lowest BCUT2D eigenvalue weighted by molar-refractivity contribution is 0.617. The van der Waals surface area contributed by atoms with E-state index in [0.29, 0.717) is 6.04 Å². The average Bonchev–Trinajstić information content (AvgIpc) is 3.52. The van der Waals surface area contributed by atoms with Crippen molar-refractivity contribution in [2.45, 2.75) is 19.0 Å². The van der Waals surface area contributed by atoms with Crippen LogP contribution in [0.5, 0.6) is 0 Å². The van der Waals surface area contributed by atoms with Gasteiger partial charge in [0.15, 0.2) is 5.82 Å². The number of likely N-dealkylation sites (N-methyl/N-ethyl adjacent to an activating group) is 1. The Morgan fingerprint density at radius 1 is 1.06 bits per heavy atom. The van der Waals surface area contributed by atoms with E-state index in [1.807, 2.05) is 23.9 Å². The number of nitrogens with one attached hydrogen (secondary N) is 1. The van der Waals surface area contributed by atoms with Crippen LogP contribution in [0.3, 0.4) is 0 Å². The van der Waals surface area contributed by atoms with E-state index in [1.54, 1.807) is 6.33 Å². The van der Waals surface area contributed by atoms with E-state index < -0.39 is 0 Å². The number of anilines is 1. The van der Waals surface area contributed by atoms with Gasteiger partial charge in [0.25, 0.3) is 0 Å². The molecule has 0 saturated carbocycles. The third-order valence-corrected chi connectivity index (χ3v) is 6.44. The molecule has 31 heavy (non-hydrogen) atoms. The molecule has 0 bridgehead atoms. The maximum absolute atomic E-state index is 13.4. The fraction of sp³-hybridized carbons (Fsp3) is 0.250. The molecule has 2 aromatic heterocycles. The summed E-state index contributed by atoms with van der Waals surface area (Å²) < 4.78 is 17.5. The molecule has 7 heteroatoms. The van der Waals surface area contributed by atoms with Gasteiger partial charge in [-0.2, -0.15) is 5.10 Å². The van der Waals surface area contributed by atoms with E-state index in [4.69, 9.17) is 0 Å². The zero-order valence-electron chi connectivity index (χ0n) is 17.3. The highest BCUT2D eigenvalue weighted by molar-refractivity contribution is 5.71. The van der Waals surface area contributed by atoms with Crippen LogP contribution < -0.4 is 10.2 Å². The molecule has 6 rings (SSSR count). The van der Waals surface area contributed by atoms with Gasteiger partial charge in [0.1, 0.15) is 12.1 Å². The van der Waals surface area contributed by atoms with Crippen molar-refractivity contribution >= 4 is 5.69 Å². The van der Waals surface area contributed by atoms with Gasteiger partial charge in [-0.1, -0.05) is 12.1 Å². The highest BCUT2D eigenvalue weighted by Gasteiger charge is 2.25. The topological polar surface area (TPSA) is 50.9 Å². The number of rotatable bonds is 3. The van der Waals surface area contributed by atoms with Crippen LogP contribution in [0.15, 0.2) is 61.1 Å². The molecule has 1 fully saturated rings. The third-order valence-electron chi connectivity index (χ3n) is 6.44. The summed E-state index contributed by atoms with van der Waals surface area (Å²) in [6.45, 7) is 2.81. The molecular weight excluding hydrogens is 391 g/mol. The van der Waals surface area contributed by atoms with Crippen molar-refractivity contribution in [1.29, 1.82) is 0 Å². The zero-order chi connectivity index (χ0) is 20.9. The van der Waals surface area contributed by atoms with Crippen LogP contribution in [0.1, 0.15) is 12.0 Å². The number of nitrogens with zero attached hydrogens (tertiary/aromatic N) is 5. The van der Waals surface area contributed by atoms with Gasteiger partial charge < -0.3 is 14.8 Å². The molecule has 0 amide bonds. The summed E-state index contributed by atoms with van der Waals surface area (Å²) in [6, 6.07) is 15.9. The molecule has 0 spiro atoms. The number of halogens is 1. The fourth-order valence-corrected chi connectivity index (χ4v) is 4.74. The molecule has 0 aliphatic carbocycles. The van der Waals surface area contributed by atoms with Crippen LogP contribution in [0.25, 0.3) is 28.3 Å². The predicted molar refractivity (Wildman–Crippen MR) is 119 cm³/mol. The molecule has 0 unspecified atom stereocenters.